The topological polar surface area (TPSA) is 65.0 Å². The van der Waals surface area contributed by atoms with Crippen LogP contribution in [0.1, 0.15) is 18.9 Å². The Morgan fingerprint density at radius 1 is 1.13 bits per heavy atom. The fraction of sp³-hybridized carbons (Fsp3) is 0.381. The van der Waals surface area contributed by atoms with Gasteiger partial charge in [0.25, 0.3) is 0 Å². The Hall–Kier alpha value is -3.10. The van der Waals surface area contributed by atoms with Crippen molar-refractivity contribution in [2.75, 3.05) is 43.0 Å². The van der Waals surface area contributed by atoms with Gasteiger partial charge in [-0.25, -0.2) is 4.79 Å². The Balaban J connectivity index is 1.68. The highest BCUT2D eigenvalue weighted by Crippen LogP contribution is 2.35. The van der Waals surface area contributed by atoms with Crippen LogP contribution in [0.4, 0.5) is 29.3 Å². The van der Waals surface area contributed by atoms with Gasteiger partial charge in [0, 0.05) is 37.9 Å². The van der Waals surface area contributed by atoms with Gasteiger partial charge in [-0.15, -0.1) is 0 Å². The minimum absolute atomic E-state index is 0.00122. The number of halogens is 3. The summed E-state index contributed by atoms with van der Waals surface area (Å²) >= 11 is 0. The lowest BCUT2D eigenvalue weighted by atomic mass is 10.1. The van der Waals surface area contributed by atoms with Crippen LogP contribution in [0.3, 0.4) is 0 Å². The lowest BCUT2D eigenvalue weighted by Gasteiger charge is -2.36. The number of nitrogens with one attached hydrogen (secondary N) is 1. The summed E-state index contributed by atoms with van der Waals surface area (Å²) in [6.07, 6.45) is -3.83. The minimum atomic E-state index is -4.52. The number of anilines is 2. The maximum Gasteiger partial charge on any atom is 0.416 e. The number of alkyl halides is 3. The van der Waals surface area contributed by atoms with E-state index in [4.69, 9.17) is 4.74 Å². The number of nitrogens with zero attached hydrogens (tertiary/aromatic N) is 2. The van der Waals surface area contributed by atoms with E-state index in [1.54, 1.807) is 23.1 Å². The van der Waals surface area contributed by atoms with Crippen LogP contribution < -0.4 is 15.0 Å². The summed E-state index contributed by atoms with van der Waals surface area (Å²) in [5, 5.41) is 12.2. The molecule has 9 heteroatoms. The number of piperazine rings is 1. The summed E-state index contributed by atoms with van der Waals surface area (Å²) in [7, 11) is 0. The summed E-state index contributed by atoms with van der Waals surface area (Å²) in [5.41, 5.74) is -0.00257. The molecule has 1 aliphatic rings. The molecule has 2 aromatic rings. The summed E-state index contributed by atoms with van der Waals surface area (Å²) in [4.78, 5) is 16.2. The van der Waals surface area contributed by atoms with Gasteiger partial charge in [0.1, 0.15) is 11.5 Å². The zero-order valence-electron chi connectivity index (χ0n) is 16.6. The molecule has 0 bridgehead atoms. The average Bonchev–Trinajstić information content (AvgIpc) is 2.72. The standard InChI is InChI=1S/C21H24F3N3O3/c1-2-12-30-19-7-6-15(21(22,23)24)13-18(19)25-20(29)27-10-8-26(9-11-27)16-4-3-5-17(28)14-16/h3-7,13-14,28H,2,8-12H2,1H3,(H,25,29). The Labute approximate surface area is 172 Å². The predicted octanol–water partition coefficient (Wildman–Crippen LogP) is 4.55. The highest BCUT2D eigenvalue weighted by atomic mass is 19.4. The molecule has 0 radical (unpaired) electrons. The summed E-state index contributed by atoms with van der Waals surface area (Å²) < 4.78 is 44.8. The number of ether oxygens (including phenoxy) is 1. The zero-order chi connectivity index (χ0) is 21.7. The molecule has 1 heterocycles. The van der Waals surface area contributed by atoms with Crippen molar-refractivity contribution in [3.63, 3.8) is 0 Å². The number of urea groups is 1. The van der Waals surface area contributed by atoms with Crippen LogP contribution in [-0.4, -0.2) is 48.8 Å². The van der Waals surface area contributed by atoms with Crippen LogP contribution in [0.25, 0.3) is 0 Å². The quantitative estimate of drug-likeness (QED) is 0.740. The molecule has 2 aromatic carbocycles. The van der Waals surface area contributed by atoms with E-state index in [1.807, 2.05) is 17.9 Å². The third-order valence-electron chi connectivity index (χ3n) is 4.77. The van der Waals surface area contributed by atoms with Gasteiger partial charge in [0.05, 0.1) is 17.9 Å². The first kappa shape index (κ1) is 21.6. The highest BCUT2D eigenvalue weighted by Gasteiger charge is 2.32. The van der Waals surface area contributed by atoms with Crippen molar-refractivity contribution in [1.82, 2.24) is 4.90 Å². The minimum Gasteiger partial charge on any atom is -0.508 e. The first-order chi connectivity index (χ1) is 14.3. The summed E-state index contributed by atoms with van der Waals surface area (Å²) in [6, 6.07) is 9.43. The molecular weight excluding hydrogens is 399 g/mol. The molecule has 0 aromatic heterocycles. The number of amides is 2. The largest absolute Gasteiger partial charge is 0.508 e. The Kier molecular flexibility index (Phi) is 6.59. The van der Waals surface area contributed by atoms with E-state index >= 15 is 0 Å². The SMILES string of the molecule is CCCOc1ccc(C(F)(F)F)cc1NC(=O)N1CCN(c2cccc(O)c2)CC1. The fourth-order valence-electron chi connectivity index (χ4n) is 3.19. The second kappa shape index (κ2) is 9.15. The second-order valence-electron chi connectivity index (χ2n) is 6.98. The molecule has 2 amide bonds. The van der Waals surface area contributed by atoms with Crippen molar-refractivity contribution in [2.24, 2.45) is 0 Å². The van der Waals surface area contributed by atoms with E-state index < -0.39 is 17.8 Å². The van der Waals surface area contributed by atoms with Crippen LogP contribution >= 0.6 is 0 Å². The van der Waals surface area contributed by atoms with Crippen molar-refractivity contribution in [3.8, 4) is 11.5 Å². The third-order valence-corrected chi connectivity index (χ3v) is 4.77. The Morgan fingerprint density at radius 3 is 2.50 bits per heavy atom. The molecule has 0 aliphatic carbocycles. The zero-order valence-corrected chi connectivity index (χ0v) is 16.6. The number of carbonyl (C=O) groups excluding carboxylic acids is 1. The summed E-state index contributed by atoms with van der Waals surface area (Å²) in [5.74, 6) is 0.369. The lowest BCUT2D eigenvalue weighted by Crippen LogP contribution is -2.50. The second-order valence-corrected chi connectivity index (χ2v) is 6.98. The molecule has 30 heavy (non-hydrogen) atoms. The monoisotopic (exact) mass is 423 g/mol. The van der Waals surface area contributed by atoms with Gasteiger partial charge < -0.3 is 25.0 Å². The molecule has 1 aliphatic heterocycles. The molecule has 0 atom stereocenters. The van der Waals surface area contributed by atoms with E-state index in [9.17, 15) is 23.1 Å². The van der Waals surface area contributed by atoms with Gasteiger partial charge in [0.2, 0.25) is 0 Å². The number of phenolic OH excluding ortho intramolecular Hbond substituents is 1. The number of aromatic hydroxyl groups is 1. The number of phenols is 1. The van der Waals surface area contributed by atoms with E-state index in [2.05, 4.69) is 5.32 Å². The van der Waals surface area contributed by atoms with E-state index in [0.717, 1.165) is 17.8 Å². The first-order valence-electron chi connectivity index (χ1n) is 9.72. The van der Waals surface area contributed by atoms with Crippen molar-refractivity contribution in [1.29, 1.82) is 0 Å². The molecule has 1 fully saturated rings. The Bertz CT molecular complexity index is 881. The molecule has 0 saturated carbocycles. The predicted molar refractivity (Wildman–Crippen MR) is 108 cm³/mol. The molecule has 0 unspecified atom stereocenters. The van der Waals surface area contributed by atoms with Crippen molar-refractivity contribution in [2.45, 2.75) is 19.5 Å². The maximum atomic E-state index is 13.1. The normalized spacial score (nSPS) is 14.5. The number of hydrogen-bond acceptors (Lipinski definition) is 4. The van der Waals surface area contributed by atoms with Gasteiger partial charge in [-0.05, 0) is 36.8 Å². The van der Waals surface area contributed by atoms with Crippen LogP contribution in [0.2, 0.25) is 0 Å². The fourth-order valence-corrected chi connectivity index (χ4v) is 3.19. The van der Waals surface area contributed by atoms with Crippen molar-refractivity contribution in [3.05, 3.63) is 48.0 Å². The molecule has 162 valence electrons. The maximum absolute atomic E-state index is 13.1. The van der Waals surface area contributed by atoms with Gasteiger partial charge in [0.15, 0.2) is 0 Å². The van der Waals surface area contributed by atoms with E-state index in [-0.39, 0.29) is 17.2 Å². The van der Waals surface area contributed by atoms with E-state index in [0.29, 0.717) is 39.2 Å². The van der Waals surface area contributed by atoms with Crippen molar-refractivity contribution >= 4 is 17.4 Å². The molecule has 2 N–H and O–H groups in total. The lowest BCUT2D eigenvalue weighted by molar-refractivity contribution is -0.137. The summed E-state index contributed by atoms with van der Waals surface area (Å²) in [6.45, 7) is 4.08. The van der Waals surface area contributed by atoms with Crippen LogP contribution in [0.5, 0.6) is 11.5 Å². The number of benzene rings is 2. The van der Waals surface area contributed by atoms with Gasteiger partial charge >= 0.3 is 12.2 Å². The molecule has 6 nitrogen and oxygen atoms in total. The van der Waals surface area contributed by atoms with Crippen LogP contribution in [0, 0.1) is 0 Å². The average molecular weight is 423 g/mol. The highest BCUT2D eigenvalue weighted by molar-refractivity contribution is 5.91. The molecular formula is C21H24F3N3O3. The van der Waals surface area contributed by atoms with Gasteiger partial charge in [-0.1, -0.05) is 13.0 Å². The van der Waals surface area contributed by atoms with Gasteiger partial charge in [-0.2, -0.15) is 13.2 Å². The van der Waals surface area contributed by atoms with E-state index in [1.165, 1.54) is 6.07 Å². The van der Waals surface area contributed by atoms with Crippen LogP contribution in [0.15, 0.2) is 42.5 Å². The third kappa shape index (κ3) is 5.28. The van der Waals surface area contributed by atoms with Crippen molar-refractivity contribution < 1.29 is 27.8 Å². The van der Waals surface area contributed by atoms with Crippen LogP contribution in [-0.2, 0) is 6.18 Å². The number of rotatable bonds is 5. The Morgan fingerprint density at radius 2 is 1.87 bits per heavy atom. The first-order valence-corrected chi connectivity index (χ1v) is 9.72. The smallest absolute Gasteiger partial charge is 0.416 e. The number of carbonyl (C=O) groups is 1. The molecule has 1 saturated heterocycles. The van der Waals surface area contributed by atoms with Gasteiger partial charge in [-0.3, -0.25) is 0 Å². The number of hydrogen-bond donors (Lipinski definition) is 2. The molecule has 0 spiro atoms. The molecule has 3 rings (SSSR count).